The number of benzene rings is 1. The molecule has 1 aliphatic carbocycles. The van der Waals surface area contributed by atoms with E-state index in [2.05, 4.69) is 20.3 Å². The van der Waals surface area contributed by atoms with Crippen LogP contribution in [0.3, 0.4) is 0 Å². The van der Waals surface area contributed by atoms with Gasteiger partial charge in [-0.1, -0.05) is 29.0 Å². The quantitative estimate of drug-likeness (QED) is 0.194. The van der Waals surface area contributed by atoms with Gasteiger partial charge in [0.1, 0.15) is 23.9 Å². The van der Waals surface area contributed by atoms with Gasteiger partial charge in [0.15, 0.2) is 5.82 Å². The van der Waals surface area contributed by atoms with E-state index in [1.165, 1.54) is 24.2 Å². The molecular formula is C29H30ClN5O4S. The summed E-state index contributed by atoms with van der Waals surface area (Å²) in [5.41, 5.74) is 1.09. The van der Waals surface area contributed by atoms with Crippen LogP contribution in [0.15, 0.2) is 61.2 Å². The molecule has 0 bridgehead atoms. The molecule has 0 saturated heterocycles. The minimum Gasteiger partial charge on any atom is -0.493 e. The molecule has 1 atom stereocenters. The fourth-order valence-electron chi connectivity index (χ4n) is 3.75. The Hall–Kier alpha value is -3.73. The minimum atomic E-state index is -0.229. The molecule has 11 heteroatoms. The first-order valence-electron chi connectivity index (χ1n) is 13.1. The van der Waals surface area contributed by atoms with E-state index in [4.69, 9.17) is 25.8 Å². The van der Waals surface area contributed by atoms with Crippen LogP contribution in [0.1, 0.15) is 41.9 Å². The molecule has 0 aliphatic heterocycles. The Labute approximate surface area is 241 Å². The summed E-state index contributed by atoms with van der Waals surface area (Å²) in [6.45, 7) is 5.51. The molecule has 3 aromatic heterocycles. The van der Waals surface area contributed by atoms with Gasteiger partial charge in [0.2, 0.25) is 0 Å². The van der Waals surface area contributed by atoms with Gasteiger partial charge < -0.3 is 24.1 Å². The third-order valence-corrected chi connectivity index (χ3v) is 7.23. The standard InChI is InChI=1S/C29H30ClN5O4S/c1-3-37-18-35-13-12-32-27(35)25-14-21(10-11-31-25)28(36)34-19(2)4-8-23-16-33-29(40-23)39-26-9-7-22(15-24(26)30)38-17-20-5-6-20/h4,7-16,19-20H,3,5-6,17-18H2,1-2H3,(H,34,36)/t19-/m0/s1. The van der Waals surface area contributed by atoms with E-state index >= 15 is 0 Å². The number of thiazole rings is 1. The Balaban J connectivity index is 1.15. The zero-order valence-corrected chi connectivity index (χ0v) is 23.8. The highest BCUT2D eigenvalue weighted by atomic mass is 35.5. The van der Waals surface area contributed by atoms with E-state index in [1.807, 2.05) is 42.8 Å². The van der Waals surface area contributed by atoms with Crippen LogP contribution < -0.4 is 14.8 Å². The average Bonchev–Trinajstić information content (AvgIpc) is 3.48. The highest BCUT2D eigenvalue weighted by molar-refractivity contribution is 7.14. The van der Waals surface area contributed by atoms with Crippen LogP contribution in [0.4, 0.5) is 0 Å². The second-order valence-corrected chi connectivity index (χ2v) is 10.8. The van der Waals surface area contributed by atoms with Crippen molar-refractivity contribution in [1.82, 2.24) is 24.8 Å². The number of hydrogen-bond acceptors (Lipinski definition) is 8. The lowest BCUT2D eigenvalue weighted by molar-refractivity contribution is 0.0889. The van der Waals surface area contributed by atoms with Gasteiger partial charge in [-0.3, -0.25) is 9.78 Å². The van der Waals surface area contributed by atoms with E-state index in [0.29, 0.717) is 52.3 Å². The zero-order valence-electron chi connectivity index (χ0n) is 22.2. The van der Waals surface area contributed by atoms with Crippen LogP contribution in [0.25, 0.3) is 17.6 Å². The first-order chi connectivity index (χ1) is 19.5. The molecule has 40 heavy (non-hydrogen) atoms. The number of amides is 1. The Kier molecular flexibility index (Phi) is 9.10. The number of ether oxygens (including phenoxy) is 3. The maximum absolute atomic E-state index is 12.9. The molecule has 3 heterocycles. The fraction of sp³-hybridized carbons (Fsp3) is 0.310. The van der Waals surface area contributed by atoms with Crippen molar-refractivity contribution in [1.29, 1.82) is 0 Å². The number of pyridine rings is 1. The van der Waals surface area contributed by atoms with Crippen LogP contribution in [0.5, 0.6) is 16.7 Å². The highest BCUT2D eigenvalue weighted by Crippen LogP contribution is 2.35. The smallest absolute Gasteiger partial charge is 0.279 e. The highest BCUT2D eigenvalue weighted by Gasteiger charge is 2.22. The Morgan fingerprint density at radius 2 is 2.10 bits per heavy atom. The summed E-state index contributed by atoms with van der Waals surface area (Å²) in [5, 5.41) is 3.92. The predicted molar refractivity (Wildman–Crippen MR) is 155 cm³/mol. The van der Waals surface area contributed by atoms with Crippen molar-refractivity contribution in [3.63, 3.8) is 0 Å². The van der Waals surface area contributed by atoms with Gasteiger partial charge in [0, 0.05) is 49.1 Å². The van der Waals surface area contributed by atoms with Crippen molar-refractivity contribution >= 4 is 34.9 Å². The number of carbonyl (C=O) groups is 1. The molecule has 5 rings (SSSR count). The van der Waals surface area contributed by atoms with Gasteiger partial charge in [-0.15, -0.1) is 0 Å². The third-order valence-electron chi connectivity index (χ3n) is 6.09. The first kappa shape index (κ1) is 27.8. The largest absolute Gasteiger partial charge is 0.493 e. The SMILES string of the molecule is CCOCn1ccnc1-c1cc(C(=O)N[C@@H](C)C=Cc2cnc(Oc3ccc(OCC4CC4)cc3Cl)s2)ccn1. The molecule has 0 radical (unpaired) electrons. The maximum atomic E-state index is 12.9. The lowest BCUT2D eigenvalue weighted by atomic mass is 10.2. The van der Waals surface area contributed by atoms with E-state index in [0.717, 1.165) is 17.2 Å². The van der Waals surface area contributed by atoms with Gasteiger partial charge in [0.05, 0.1) is 16.5 Å². The average molecular weight is 580 g/mol. The molecule has 1 N–H and O–H groups in total. The summed E-state index contributed by atoms with van der Waals surface area (Å²) in [6, 6.07) is 8.57. The van der Waals surface area contributed by atoms with Gasteiger partial charge >= 0.3 is 0 Å². The van der Waals surface area contributed by atoms with Crippen molar-refractivity contribution < 1.29 is 19.0 Å². The molecule has 1 saturated carbocycles. The van der Waals surface area contributed by atoms with E-state index in [1.54, 1.807) is 42.9 Å². The first-order valence-corrected chi connectivity index (χ1v) is 14.3. The minimum absolute atomic E-state index is 0.212. The number of aromatic nitrogens is 4. The molecule has 0 spiro atoms. The monoisotopic (exact) mass is 579 g/mol. The zero-order chi connectivity index (χ0) is 27.9. The summed E-state index contributed by atoms with van der Waals surface area (Å²) >= 11 is 7.77. The van der Waals surface area contributed by atoms with Crippen molar-refractivity contribution in [2.75, 3.05) is 13.2 Å². The third kappa shape index (κ3) is 7.47. The lowest BCUT2D eigenvalue weighted by Gasteiger charge is -2.11. The second kappa shape index (κ2) is 13.1. The summed E-state index contributed by atoms with van der Waals surface area (Å²) in [5.74, 6) is 2.35. The Bertz CT molecular complexity index is 1480. The molecule has 1 fully saturated rings. The number of hydrogen-bond donors (Lipinski definition) is 1. The topological polar surface area (TPSA) is 100 Å². The number of halogens is 1. The van der Waals surface area contributed by atoms with Crippen molar-refractivity contribution in [2.24, 2.45) is 5.92 Å². The van der Waals surface area contributed by atoms with Gasteiger partial charge in [0.25, 0.3) is 11.1 Å². The van der Waals surface area contributed by atoms with Crippen LogP contribution in [0, 0.1) is 5.92 Å². The van der Waals surface area contributed by atoms with Crippen molar-refractivity contribution in [2.45, 2.75) is 39.5 Å². The fourth-order valence-corrected chi connectivity index (χ4v) is 4.65. The van der Waals surface area contributed by atoms with Gasteiger partial charge in [-0.2, -0.15) is 0 Å². The van der Waals surface area contributed by atoms with Crippen LogP contribution >= 0.6 is 22.9 Å². The summed E-state index contributed by atoms with van der Waals surface area (Å²) < 4.78 is 19.0. The summed E-state index contributed by atoms with van der Waals surface area (Å²) in [4.78, 5) is 26.9. The van der Waals surface area contributed by atoms with Gasteiger partial charge in [-0.25, -0.2) is 9.97 Å². The number of carbonyl (C=O) groups excluding carboxylic acids is 1. The van der Waals surface area contributed by atoms with Crippen LogP contribution in [-0.2, 0) is 11.5 Å². The molecular weight excluding hydrogens is 550 g/mol. The van der Waals surface area contributed by atoms with E-state index < -0.39 is 0 Å². The Morgan fingerprint density at radius 3 is 2.90 bits per heavy atom. The van der Waals surface area contributed by atoms with E-state index in [9.17, 15) is 4.79 Å². The number of nitrogens with one attached hydrogen (secondary N) is 1. The lowest BCUT2D eigenvalue weighted by Crippen LogP contribution is -2.31. The van der Waals surface area contributed by atoms with Crippen LogP contribution in [0.2, 0.25) is 5.02 Å². The second-order valence-electron chi connectivity index (χ2n) is 9.37. The van der Waals surface area contributed by atoms with Crippen LogP contribution in [-0.4, -0.2) is 44.7 Å². The molecule has 208 valence electrons. The number of rotatable bonds is 13. The number of imidazole rings is 1. The van der Waals surface area contributed by atoms with Crippen molar-refractivity contribution in [3.05, 3.63) is 76.7 Å². The summed E-state index contributed by atoms with van der Waals surface area (Å²) in [7, 11) is 0. The normalized spacial score (nSPS) is 13.9. The molecule has 0 unspecified atom stereocenters. The molecule has 1 aliphatic rings. The molecule has 9 nitrogen and oxygen atoms in total. The molecule has 1 amide bonds. The summed E-state index contributed by atoms with van der Waals surface area (Å²) in [6.07, 6.45) is 13.1. The number of nitrogens with zero attached hydrogens (tertiary/aromatic N) is 4. The molecule has 4 aromatic rings. The van der Waals surface area contributed by atoms with E-state index in [-0.39, 0.29) is 11.9 Å². The molecule has 1 aromatic carbocycles. The Morgan fingerprint density at radius 1 is 1.23 bits per heavy atom. The predicted octanol–water partition coefficient (Wildman–Crippen LogP) is 6.46. The van der Waals surface area contributed by atoms with Gasteiger partial charge in [-0.05, 0) is 62.9 Å². The van der Waals surface area contributed by atoms with Crippen molar-refractivity contribution in [3.8, 4) is 28.2 Å². The maximum Gasteiger partial charge on any atom is 0.279 e.